The lowest BCUT2D eigenvalue weighted by Crippen LogP contribution is -2.53. The standard InChI is InChI=1S/C12H21NO5/c1-3-4-7-17-12(11(15)16)6-5-10(8-18-12)13-9(2)14/h10H,3-8H2,1-2H3,(H,13,14)(H,15,16)/t10?,12-/m1/s1. The van der Waals surface area contributed by atoms with Crippen LogP contribution in [0.5, 0.6) is 0 Å². The number of rotatable bonds is 6. The summed E-state index contributed by atoms with van der Waals surface area (Å²) in [6.45, 7) is 3.97. The van der Waals surface area contributed by atoms with Crippen LogP contribution in [0.2, 0.25) is 0 Å². The highest BCUT2D eigenvalue weighted by molar-refractivity contribution is 5.76. The van der Waals surface area contributed by atoms with Crippen molar-refractivity contribution in [3.63, 3.8) is 0 Å². The molecular weight excluding hydrogens is 238 g/mol. The summed E-state index contributed by atoms with van der Waals surface area (Å²) in [6, 6.07) is -0.134. The molecule has 0 spiro atoms. The van der Waals surface area contributed by atoms with Crippen LogP contribution in [0.4, 0.5) is 0 Å². The van der Waals surface area contributed by atoms with Crippen molar-refractivity contribution in [1.29, 1.82) is 0 Å². The lowest BCUT2D eigenvalue weighted by Gasteiger charge is -2.36. The highest BCUT2D eigenvalue weighted by atomic mass is 16.7. The first-order valence-corrected chi connectivity index (χ1v) is 6.28. The third kappa shape index (κ3) is 3.96. The normalized spacial score (nSPS) is 27.8. The quantitative estimate of drug-likeness (QED) is 0.692. The summed E-state index contributed by atoms with van der Waals surface area (Å²) in [5.74, 6) is -2.78. The van der Waals surface area contributed by atoms with Gasteiger partial charge < -0.3 is 19.9 Å². The van der Waals surface area contributed by atoms with Crippen molar-refractivity contribution >= 4 is 11.9 Å². The molecule has 0 aromatic rings. The van der Waals surface area contributed by atoms with Gasteiger partial charge in [0.2, 0.25) is 5.91 Å². The summed E-state index contributed by atoms with van der Waals surface area (Å²) >= 11 is 0. The van der Waals surface area contributed by atoms with E-state index in [0.717, 1.165) is 12.8 Å². The average Bonchev–Trinajstić information content (AvgIpc) is 2.31. The first-order chi connectivity index (χ1) is 8.50. The minimum absolute atomic E-state index is 0.134. The molecule has 0 aromatic carbocycles. The predicted octanol–water partition coefficient (Wildman–Crippen LogP) is 0.899. The van der Waals surface area contributed by atoms with Crippen molar-refractivity contribution in [3.05, 3.63) is 0 Å². The molecule has 0 radical (unpaired) electrons. The van der Waals surface area contributed by atoms with Gasteiger partial charge in [-0.25, -0.2) is 4.79 Å². The highest BCUT2D eigenvalue weighted by Gasteiger charge is 2.44. The Morgan fingerprint density at radius 1 is 1.56 bits per heavy atom. The molecule has 1 heterocycles. The smallest absolute Gasteiger partial charge is 0.364 e. The van der Waals surface area contributed by atoms with E-state index >= 15 is 0 Å². The number of carboxylic acid groups (broad SMARTS) is 1. The molecule has 1 aliphatic rings. The Bertz CT molecular complexity index is 297. The Kier molecular flexibility index (Phi) is 5.55. The van der Waals surface area contributed by atoms with E-state index in [0.29, 0.717) is 13.0 Å². The van der Waals surface area contributed by atoms with Crippen molar-refractivity contribution in [2.75, 3.05) is 13.2 Å². The van der Waals surface area contributed by atoms with E-state index in [1.54, 1.807) is 0 Å². The number of ether oxygens (including phenoxy) is 2. The number of hydrogen-bond acceptors (Lipinski definition) is 4. The van der Waals surface area contributed by atoms with Gasteiger partial charge in [-0.3, -0.25) is 4.79 Å². The number of hydrogen-bond donors (Lipinski definition) is 2. The number of carbonyl (C=O) groups excluding carboxylic acids is 1. The molecule has 1 aliphatic heterocycles. The fraction of sp³-hybridized carbons (Fsp3) is 0.833. The molecule has 0 bridgehead atoms. The number of nitrogens with one attached hydrogen (secondary N) is 1. The molecule has 1 saturated heterocycles. The lowest BCUT2D eigenvalue weighted by atomic mass is 10.0. The molecule has 2 atom stereocenters. The van der Waals surface area contributed by atoms with Crippen LogP contribution in [-0.4, -0.2) is 42.0 Å². The third-order valence-corrected chi connectivity index (χ3v) is 2.91. The SMILES string of the molecule is CCCCO[C@]1(C(=O)O)CCC(NC(C)=O)CO1. The lowest BCUT2D eigenvalue weighted by molar-refractivity contribution is -0.260. The van der Waals surface area contributed by atoms with Crippen LogP contribution >= 0.6 is 0 Å². The number of amides is 1. The predicted molar refractivity (Wildman–Crippen MR) is 64.0 cm³/mol. The van der Waals surface area contributed by atoms with Gasteiger partial charge in [0.1, 0.15) is 0 Å². The van der Waals surface area contributed by atoms with Gasteiger partial charge in [0.15, 0.2) is 0 Å². The molecule has 1 amide bonds. The van der Waals surface area contributed by atoms with Crippen LogP contribution in [0.15, 0.2) is 0 Å². The van der Waals surface area contributed by atoms with Crippen molar-refractivity contribution in [2.45, 2.75) is 51.4 Å². The minimum atomic E-state index is -1.54. The van der Waals surface area contributed by atoms with Gasteiger partial charge in [0.05, 0.1) is 19.3 Å². The van der Waals surface area contributed by atoms with E-state index in [1.807, 2.05) is 6.92 Å². The summed E-state index contributed by atoms with van der Waals surface area (Å²) < 4.78 is 10.7. The topological polar surface area (TPSA) is 84.9 Å². The second-order valence-electron chi connectivity index (χ2n) is 4.51. The first-order valence-electron chi connectivity index (χ1n) is 6.28. The summed E-state index contributed by atoms with van der Waals surface area (Å²) in [5, 5.41) is 11.9. The third-order valence-electron chi connectivity index (χ3n) is 2.91. The molecule has 6 heteroatoms. The zero-order valence-electron chi connectivity index (χ0n) is 10.9. The zero-order valence-corrected chi connectivity index (χ0v) is 10.9. The monoisotopic (exact) mass is 259 g/mol. The van der Waals surface area contributed by atoms with Gasteiger partial charge in [-0.15, -0.1) is 0 Å². The molecule has 0 aromatic heterocycles. The van der Waals surface area contributed by atoms with Crippen LogP contribution in [0, 0.1) is 0 Å². The summed E-state index contributed by atoms with van der Waals surface area (Å²) in [6.07, 6.45) is 2.52. The molecule has 1 fully saturated rings. The van der Waals surface area contributed by atoms with E-state index < -0.39 is 11.8 Å². The largest absolute Gasteiger partial charge is 0.477 e. The Morgan fingerprint density at radius 2 is 2.28 bits per heavy atom. The molecule has 104 valence electrons. The van der Waals surface area contributed by atoms with Crippen molar-refractivity contribution in [3.8, 4) is 0 Å². The molecule has 1 rings (SSSR count). The first kappa shape index (κ1) is 14.9. The molecule has 0 saturated carbocycles. The molecule has 2 N–H and O–H groups in total. The van der Waals surface area contributed by atoms with Gasteiger partial charge in [-0.1, -0.05) is 13.3 Å². The van der Waals surface area contributed by atoms with Crippen LogP contribution < -0.4 is 5.32 Å². The molecule has 0 aliphatic carbocycles. The fourth-order valence-corrected chi connectivity index (χ4v) is 1.88. The maximum absolute atomic E-state index is 11.3. The second-order valence-corrected chi connectivity index (χ2v) is 4.51. The Balaban J connectivity index is 2.51. The summed E-state index contributed by atoms with van der Waals surface area (Å²) in [4.78, 5) is 22.2. The molecule has 6 nitrogen and oxygen atoms in total. The van der Waals surface area contributed by atoms with E-state index in [2.05, 4.69) is 5.32 Å². The van der Waals surface area contributed by atoms with Crippen LogP contribution in [0.1, 0.15) is 39.5 Å². The van der Waals surface area contributed by atoms with Gasteiger partial charge >= 0.3 is 5.97 Å². The Labute approximate surface area is 107 Å². The highest BCUT2D eigenvalue weighted by Crippen LogP contribution is 2.27. The number of unbranched alkanes of at least 4 members (excludes halogenated alkanes) is 1. The Hall–Kier alpha value is -1.14. The molecule has 1 unspecified atom stereocenters. The maximum atomic E-state index is 11.3. The van der Waals surface area contributed by atoms with Crippen LogP contribution in [-0.2, 0) is 19.1 Å². The van der Waals surface area contributed by atoms with Gasteiger partial charge in [0.25, 0.3) is 5.79 Å². The molecular formula is C12H21NO5. The maximum Gasteiger partial charge on any atom is 0.364 e. The average molecular weight is 259 g/mol. The van der Waals surface area contributed by atoms with Gasteiger partial charge in [-0.05, 0) is 12.8 Å². The van der Waals surface area contributed by atoms with Crippen molar-refractivity contribution in [2.24, 2.45) is 0 Å². The Morgan fingerprint density at radius 3 is 2.72 bits per heavy atom. The number of carbonyl (C=O) groups is 2. The fourth-order valence-electron chi connectivity index (χ4n) is 1.88. The summed E-state index contributed by atoms with van der Waals surface area (Å²) in [5.41, 5.74) is 0. The van der Waals surface area contributed by atoms with E-state index in [4.69, 9.17) is 9.47 Å². The zero-order chi connectivity index (χ0) is 13.6. The summed E-state index contributed by atoms with van der Waals surface area (Å²) in [7, 11) is 0. The molecule has 18 heavy (non-hydrogen) atoms. The van der Waals surface area contributed by atoms with Gasteiger partial charge in [-0.2, -0.15) is 0 Å². The second kappa shape index (κ2) is 6.70. The number of carboxylic acids is 1. The number of aliphatic carboxylic acids is 1. The van der Waals surface area contributed by atoms with Gasteiger partial charge in [0, 0.05) is 13.3 Å². The minimum Gasteiger partial charge on any atom is -0.477 e. The van der Waals surface area contributed by atoms with Crippen LogP contribution in [0.25, 0.3) is 0 Å². The van der Waals surface area contributed by atoms with Crippen molar-refractivity contribution < 1.29 is 24.2 Å². The van der Waals surface area contributed by atoms with Crippen molar-refractivity contribution in [1.82, 2.24) is 5.32 Å². The van der Waals surface area contributed by atoms with Crippen LogP contribution in [0.3, 0.4) is 0 Å². The van der Waals surface area contributed by atoms with E-state index in [-0.39, 0.29) is 25.0 Å². The van der Waals surface area contributed by atoms with E-state index in [9.17, 15) is 14.7 Å². The van der Waals surface area contributed by atoms with E-state index in [1.165, 1.54) is 6.92 Å².